The minimum absolute atomic E-state index is 0.201. The van der Waals surface area contributed by atoms with E-state index in [9.17, 15) is 4.79 Å². The molecule has 0 atom stereocenters. The van der Waals surface area contributed by atoms with Crippen molar-refractivity contribution in [3.8, 4) is 0 Å². The van der Waals surface area contributed by atoms with Crippen LogP contribution in [0.5, 0.6) is 0 Å². The molecule has 0 rings (SSSR count). The summed E-state index contributed by atoms with van der Waals surface area (Å²) in [5.41, 5.74) is 0. The molecule has 0 aliphatic rings. The van der Waals surface area contributed by atoms with E-state index < -0.39 is 25.5 Å². The van der Waals surface area contributed by atoms with Crippen LogP contribution in [-0.4, -0.2) is 12.6 Å². The SMILES string of the molecule is CCC[O][Hg][O]C(C)=O. The number of hydrogen-bond donors (Lipinski definition) is 0. The second-order valence-electron chi connectivity index (χ2n) is 1.66. The Labute approximate surface area is 68.5 Å². The van der Waals surface area contributed by atoms with Crippen LogP contribution in [0.1, 0.15) is 20.3 Å². The van der Waals surface area contributed by atoms with Gasteiger partial charge in [-0.2, -0.15) is 0 Å². The number of carbonyl (C=O) groups excluding carboxylic acids is 1. The molecule has 4 heteroatoms. The average Bonchev–Trinajstić information content (AvgIpc) is 1.80. The van der Waals surface area contributed by atoms with Crippen molar-refractivity contribution in [1.82, 2.24) is 0 Å². The summed E-state index contributed by atoms with van der Waals surface area (Å²) in [4.78, 5) is 10.2. The van der Waals surface area contributed by atoms with Crippen molar-refractivity contribution in [3.63, 3.8) is 0 Å². The summed E-state index contributed by atoms with van der Waals surface area (Å²) in [7, 11) is 0. The first-order valence-electron chi connectivity index (χ1n) is 2.98. The Morgan fingerprint density at radius 3 is 2.78 bits per heavy atom. The van der Waals surface area contributed by atoms with Crippen molar-refractivity contribution < 1.29 is 35.6 Å². The van der Waals surface area contributed by atoms with E-state index in [1.54, 1.807) is 0 Å². The molecule has 50 valence electrons. The van der Waals surface area contributed by atoms with E-state index >= 15 is 0 Å². The van der Waals surface area contributed by atoms with Gasteiger partial charge in [-0.1, -0.05) is 0 Å². The predicted molar refractivity (Wildman–Crippen MR) is 28.0 cm³/mol. The normalized spacial score (nSPS) is 8.22. The van der Waals surface area contributed by atoms with Crippen molar-refractivity contribution in [2.45, 2.75) is 20.3 Å². The third kappa shape index (κ3) is 8.37. The molecule has 0 saturated carbocycles. The molecular weight excluding hydrogens is 309 g/mol. The molecule has 9 heavy (non-hydrogen) atoms. The first-order valence-corrected chi connectivity index (χ1v) is 7.47. The van der Waals surface area contributed by atoms with Gasteiger partial charge in [0.15, 0.2) is 0 Å². The summed E-state index contributed by atoms with van der Waals surface area (Å²) < 4.78 is 9.78. The third-order valence-corrected chi connectivity index (χ3v) is 4.50. The Bertz CT molecular complexity index is 84.3. The summed E-state index contributed by atoms with van der Waals surface area (Å²) in [6.07, 6.45) is 1.00. The molecule has 0 aliphatic heterocycles. The number of carbonyl (C=O) groups is 1. The van der Waals surface area contributed by atoms with Crippen molar-refractivity contribution in [3.05, 3.63) is 0 Å². The van der Waals surface area contributed by atoms with Crippen LogP contribution in [0.25, 0.3) is 0 Å². The summed E-state index contributed by atoms with van der Waals surface area (Å²) in [5.74, 6) is -0.201. The molecule has 0 radical (unpaired) electrons. The molecule has 0 aromatic heterocycles. The molecule has 0 unspecified atom stereocenters. The monoisotopic (exact) mass is 320 g/mol. The quantitative estimate of drug-likeness (QED) is 0.570. The van der Waals surface area contributed by atoms with Crippen LogP contribution >= 0.6 is 0 Å². The van der Waals surface area contributed by atoms with Gasteiger partial charge < -0.3 is 0 Å². The molecule has 0 aromatic carbocycles. The predicted octanol–water partition coefficient (Wildman–Crippen LogP) is 0.889. The Kier molecular flexibility index (Phi) is 6.75. The van der Waals surface area contributed by atoms with Crippen molar-refractivity contribution in [2.24, 2.45) is 0 Å². The summed E-state index contributed by atoms with van der Waals surface area (Å²) >= 11 is -1.65. The van der Waals surface area contributed by atoms with E-state index in [0.717, 1.165) is 13.0 Å². The first-order chi connectivity index (χ1) is 4.27. The fraction of sp³-hybridized carbons (Fsp3) is 0.800. The average molecular weight is 319 g/mol. The maximum atomic E-state index is 10.2. The standard InChI is InChI=1S/C3H7O.C2H4O2.Hg/c1-2-3-4;1-2(3)4;/h2-3H2,1H3;1H3,(H,3,4);/q-1;;+2/p-1. The molecular formula is C5H10HgO3. The van der Waals surface area contributed by atoms with Crippen LogP contribution in [0.15, 0.2) is 0 Å². The Morgan fingerprint density at radius 2 is 2.33 bits per heavy atom. The van der Waals surface area contributed by atoms with Crippen LogP contribution in [0, 0.1) is 0 Å². The summed E-state index contributed by atoms with van der Waals surface area (Å²) in [6.45, 7) is 4.19. The molecule has 0 bridgehead atoms. The van der Waals surface area contributed by atoms with E-state index in [1.807, 2.05) is 6.92 Å². The zero-order chi connectivity index (χ0) is 7.11. The molecule has 0 fully saturated rings. The molecule has 0 heterocycles. The van der Waals surface area contributed by atoms with Gasteiger partial charge >= 0.3 is 68.4 Å². The van der Waals surface area contributed by atoms with Gasteiger partial charge in [-0.3, -0.25) is 0 Å². The van der Waals surface area contributed by atoms with Crippen LogP contribution in [0.2, 0.25) is 0 Å². The van der Waals surface area contributed by atoms with E-state index in [0.29, 0.717) is 0 Å². The van der Waals surface area contributed by atoms with Gasteiger partial charge in [0.1, 0.15) is 0 Å². The molecule has 0 aliphatic carbocycles. The Balaban J connectivity index is 2.83. The molecule has 0 N–H and O–H groups in total. The summed E-state index contributed by atoms with van der Waals surface area (Å²) in [5, 5.41) is 0. The van der Waals surface area contributed by atoms with Crippen molar-refractivity contribution in [1.29, 1.82) is 0 Å². The van der Waals surface area contributed by atoms with Gasteiger partial charge in [0.05, 0.1) is 0 Å². The number of hydrogen-bond acceptors (Lipinski definition) is 3. The van der Waals surface area contributed by atoms with Crippen LogP contribution < -0.4 is 0 Å². The van der Waals surface area contributed by atoms with E-state index in [1.165, 1.54) is 6.92 Å². The Hall–Kier alpha value is 0.365. The van der Waals surface area contributed by atoms with E-state index in [2.05, 4.69) is 0 Å². The molecule has 0 spiro atoms. The second kappa shape index (κ2) is 6.48. The van der Waals surface area contributed by atoms with Gasteiger partial charge in [-0.05, 0) is 0 Å². The van der Waals surface area contributed by atoms with Gasteiger partial charge in [0, 0.05) is 0 Å². The van der Waals surface area contributed by atoms with Crippen molar-refractivity contribution in [2.75, 3.05) is 6.61 Å². The second-order valence-corrected chi connectivity index (χ2v) is 5.29. The zero-order valence-corrected chi connectivity index (χ0v) is 11.3. The fourth-order valence-electron chi connectivity index (χ4n) is 0.328. The molecule has 0 aromatic rings. The first kappa shape index (κ1) is 9.37. The topological polar surface area (TPSA) is 35.5 Å². The molecule has 0 amide bonds. The summed E-state index contributed by atoms with van der Waals surface area (Å²) in [6, 6.07) is 0. The maximum absolute atomic E-state index is 10.2. The van der Waals surface area contributed by atoms with Crippen LogP contribution in [-0.2, 0) is 35.6 Å². The van der Waals surface area contributed by atoms with E-state index in [4.69, 9.17) is 5.29 Å². The third-order valence-electron chi connectivity index (χ3n) is 0.694. The number of rotatable bonds is 4. The van der Waals surface area contributed by atoms with E-state index in [-0.39, 0.29) is 5.97 Å². The van der Waals surface area contributed by atoms with Crippen LogP contribution in [0.3, 0.4) is 0 Å². The molecule has 3 nitrogen and oxygen atoms in total. The Morgan fingerprint density at radius 1 is 1.67 bits per heavy atom. The molecule has 0 saturated heterocycles. The van der Waals surface area contributed by atoms with Crippen LogP contribution in [0.4, 0.5) is 0 Å². The van der Waals surface area contributed by atoms with Gasteiger partial charge in [-0.15, -0.1) is 0 Å². The van der Waals surface area contributed by atoms with Gasteiger partial charge in [0.25, 0.3) is 0 Å². The van der Waals surface area contributed by atoms with Gasteiger partial charge in [-0.25, -0.2) is 0 Å². The minimum atomic E-state index is -1.65. The fourth-order valence-corrected chi connectivity index (χ4v) is 2.88. The van der Waals surface area contributed by atoms with Gasteiger partial charge in [0.2, 0.25) is 0 Å². The zero-order valence-electron chi connectivity index (χ0n) is 5.85. The van der Waals surface area contributed by atoms with Crippen molar-refractivity contribution >= 4 is 5.97 Å².